The van der Waals surface area contributed by atoms with Gasteiger partial charge in [-0.1, -0.05) is 12.1 Å². The minimum Gasteiger partial charge on any atom is -0.497 e. The van der Waals surface area contributed by atoms with Crippen molar-refractivity contribution >= 4 is 28.9 Å². The fourth-order valence-electron chi connectivity index (χ4n) is 3.79. The number of carbonyl (C=O) groups excluding carboxylic acids is 2. The van der Waals surface area contributed by atoms with Crippen LogP contribution in [0.25, 0.3) is 0 Å². The first-order valence-corrected chi connectivity index (χ1v) is 11.0. The fourth-order valence-corrected chi connectivity index (χ4v) is 3.79. The summed E-state index contributed by atoms with van der Waals surface area (Å²) in [6, 6.07) is 18.1. The predicted molar refractivity (Wildman–Crippen MR) is 129 cm³/mol. The number of amides is 2. The third-order valence-electron chi connectivity index (χ3n) is 5.52. The van der Waals surface area contributed by atoms with Crippen molar-refractivity contribution in [1.82, 2.24) is 0 Å². The molecule has 4 rings (SSSR count). The van der Waals surface area contributed by atoms with Crippen molar-refractivity contribution in [2.24, 2.45) is 0 Å². The zero-order valence-corrected chi connectivity index (χ0v) is 18.8. The Balaban J connectivity index is 1.34. The highest BCUT2D eigenvalue weighted by molar-refractivity contribution is 6.06. The normalized spacial score (nSPS) is 12.8. The third-order valence-corrected chi connectivity index (χ3v) is 5.52. The molecule has 3 aromatic carbocycles. The molecule has 2 N–H and O–H groups in total. The summed E-state index contributed by atoms with van der Waals surface area (Å²) in [6.45, 7) is 1.48. The van der Waals surface area contributed by atoms with Crippen molar-refractivity contribution in [3.63, 3.8) is 0 Å². The molecule has 0 spiro atoms. The molecule has 176 valence electrons. The Morgan fingerprint density at radius 3 is 2.41 bits per heavy atom. The number of nitrogens with zero attached hydrogens (tertiary/aromatic N) is 1. The summed E-state index contributed by atoms with van der Waals surface area (Å²) >= 11 is 0. The van der Waals surface area contributed by atoms with Crippen LogP contribution in [0, 0.1) is 5.82 Å². The average Bonchev–Trinajstić information content (AvgIpc) is 3.39. The van der Waals surface area contributed by atoms with Crippen LogP contribution in [0.4, 0.5) is 21.5 Å². The van der Waals surface area contributed by atoms with E-state index in [4.69, 9.17) is 9.47 Å². The number of hydrogen-bond acceptors (Lipinski definition) is 5. The molecule has 34 heavy (non-hydrogen) atoms. The molecule has 0 aliphatic carbocycles. The van der Waals surface area contributed by atoms with E-state index in [1.807, 2.05) is 6.07 Å². The maximum atomic E-state index is 14.5. The Morgan fingerprint density at radius 2 is 1.68 bits per heavy atom. The molecule has 0 radical (unpaired) electrons. The van der Waals surface area contributed by atoms with Crippen LogP contribution >= 0.6 is 0 Å². The van der Waals surface area contributed by atoms with Crippen LogP contribution in [0.2, 0.25) is 0 Å². The van der Waals surface area contributed by atoms with Crippen molar-refractivity contribution in [3.05, 3.63) is 78.1 Å². The fraction of sp³-hybridized carbons (Fsp3) is 0.231. The molecule has 7 nitrogen and oxygen atoms in total. The van der Waals surface area contributed by atoms with E-state index in [0.717, 1.165) is 25.9 Å². The molecule has 1 aliphatic rings. The van der Waals surface area contributed by atoms with Crippen molar-refractivity contribution in [2.75, 3.05) is 42.3 Å². The van der Waals surface area contributed by atoms with Gasteiger partial charge in [0.25, 0.3) is 11.8 Å². The highest BCUT2D eigenvalue weighted by atomic mass is 19.1. The Bertz CT molecular complexity index is 1160. The lowest BCUT2D eigenvalue weighted by Crippen LogP contribution is -2.22. The Labute approximate surface area is 197 Å². The number of methoxy groups -OCH3 is 1. The summed E-state index contributed by atoms with van der Waals surface area (Å²) in [4.78, 5) is 27.0. The number of carbonyl (C=O) groups is 2. The number of halogens is 1. The summed E-state index contributed by atoms with van der Waals surface area (Å²) in [5.41, 5.74) is 1.82. The summed E-state index contributed by atoms with van der Waals surface area (Å²) in [5.74, 6) is -0.159. The lowest BCUT2D eigenvalue weighted by molar-refractivity contribution is -0.118. The number of nitrogens with one attached hydrogen (secondary N) is 2. The van der Waals surface area contributed by atoms with Gasteiger partial charge in [-0.3, -0.25) is 9.59 Å². The number of benzene rings is 3. The second-order valence-corrected chi connectivity index (χ2v) is 7.88. The second kappa shape index (κ2) is 10.7. The van der Waals surface area contributed by atoms with E-state index in [9.17, 15) is 14.0 Å². The van der Waals surface area contributed by atoms with E-state index in [-0.39, 0.29) is 18.2 Å². The summed E-state index contributed by atoms with van der Waals surface area (Å²) in [6.07, 6.45) is 2.09. The molecule has 1 aliphatic heterocycles. The van der Waals surface area contributed by atoms with Crippen molar-refractivity contribution < 1.29 is 23.5 Å². The number of hydrogen-bond donors (Lipinski definition) is 2. The van der Waals surface area contributed by atoms with Crippen molar-refractivity contribution in [2.45, 2.75) is 12.8 Å². The summed E-state index contributed by atoms with van der Waals surface area (Å²) in [7, 11) is 1.55. The van der Waals surface area contributed by atoms with Crippen molar-refractivity contribution in [3.8, 4) is 11.5 Å². The Hall–Kier alpha value is -4.07. The Morgan fingerprint density at radius 1 is 0.941 bits per heavy atom. The SMILES string of the molecule is COc1cccc(NC(=O)COc2ccc(C(=O)Nc3c(F)cccc3N3CCCC3)cc2)c1. The van der Waals surface area contributed by atoms with E-state index in [2.05, 4.69) is 15.5 Å². The van der Waals surface area contributed by atoms with Crippen LogP contribution in [0.15, 0.2) is 66.7 Å². The highest BCUT2D eigenvalue weighted by Gasteiger charge is 2.20. The monoisotopic (exact) mass is 463 g/mol. The summed E-state index contributed by atoms with van der Waals surface area (Å²) in [5, 5.41) is 5.44. The molecule has 1 heterocycles. The van der Waals surface area contributed by atoms with Gasteiger partial charge in [0, 0.05) is 30.4 Å². The van der Waals surface area contributed by atoms with E-state index >= 15 is 0 Å². The van der Waals surface area contributed by atoms with Crippen molar-refractivity contribution in [1.29, 1.82) is 0 Å². The Kier molecular flexibility index (Phi) is 7.27. The molecule has 0 unspecified atom stereocenters. The van der Waals surface area contributed by atoms with E-state index in [1.54, 1.807) is 61.7 Å². The quantitative estimate of drug-likeness (QED) is 0.506. The molecular weight excluding hydrogens is 437 g/mol. The van der Waals surface area contributed by atoms with Gasteiger partial charge in [0.1, 0.15) is 23.0 Å². The van der Waals surface area contributed by atoms with Gasteiger partial charge in [0.2, 0.25) is 0 Å². The first-order chi connectivity index (χ1) is 16.5. The minimum absolute atomic E-state index is 0.184. The van der Waals surface area contributed by atoms with Crippen LogP contribution in [-0.4, -0.2) is 38.6 Å². The minimum atomic E-state index is -0.472. The van der Waals surface area contributed by atoms with Gasteiger partial charge in [-0.2, -0.15) is 0 Å². The van der Waals surface area contributed by atoms with Crippen LogP contribution in [0.3, 0.4) is 0 Å². The molecule has 2 amide bonds. The smallest absolute Gasteiger partial charge is 0.262 e. The van der Waals surface area contributed by atoms with Crippen LogP contribution < -0.4 is 25.0 Å². The zero-order valence-electron chi connectivity index (χ0n) is 18.8. The molecule has 0 bridgehead atoms. The van der Waals surface area contributed by atoms with Gasteiger partial charge >= 0.3 is 0 Å². The molecule has 1 fully saturated rings. The van der Waals surface area contributed by atoms with Gasteiger partial charge in [-0.05, 0) is 61.4 Å². The van der Waals surface area contributed by atoms with Gasteiger partial charge in [-0.25, -0.2) is 4.39 Å². The lowest BCUT2D eigenvalue weighted by Gasteiger charge is -2.22. The number of para-hydroxylation sites is 1. The number of rotatable bonds is 8. The van der Waals surface area contributed by atoms with Crippen LogP contribution in [-0.2, 0) is 4.79 Å². The van der Waals surface area contributed by atoms with Gasteiger partial charge in [-0.15, -0.1) is 0 Å². The maximum absolute atomic E-state index is 14.5. The molecule has 0 aromatic heterocycles. The molecular formula is C26H26FN3O4. The van der Waals surface area contributed by atoms with Crippen LogP contribution in [0.5, 0.6) is 11.5 Å². The number of anilines is 3. The first-order valence-electron chi connectivity index (χ1n) is 11.0. The topological polar surface area (TPSA) is 79.9 Å². The van der Waals surface area contributed by atoms with Gasteiger partial charge in [0.05, 0.1) is 12.8 Å². The number of ether oxygens (including phenoxy) is 2. The van der Waals surface area contributed by atoms with Gasteiger partial charge in [0.15, 0.2) is 6.61 Å². The van der Waals surface area contributed by atoms with E-state index in [1.165, 1.54) is 6.07 Å². The standard InChI is InChI=1S/C26H26FN3O4/c1-33-21-7-4-6-19(16-21)28-24(31)17-34-20-12-10-18(11-13-20)26(32)29-25-22(27)8-5-9-23(25)30-14-2-3-15-30/h4-13,16H,2-3,14-15,17H2,1H3,(H,28,31)(H,29,32). The second-order valence-electron chi connectivity index (χ2n) is 7.88. The highest BCUT2D eigenvalue weighted by Crippen LogP contribution is 2.31. The largest absolute Gasteiger partial charge is 0.497 e. The molecule has 3 aromatic rings. The molecule has 8 heteroatoms. The molecule has 1 saturated heterocycles. The predicted octanol–water partition coefficient (Wildman–Crippen LogP) is 4.70. The molecule has 0 atom stereocenters. The summed E-state index contributed by atoms with van der Waals surface area (Å²) < 4.78 is 25.2. The maximum Gasteiger partial charge on any atom is 0.262 e. The van der Waals surface area contributed by atoms with E-state index in [0.29, 0.717) is 28.4 Å². The van der Waals surface area contributed by atoms with Gasteiger partial charge < -0.3 is 25.0 Å². The lowest BCUT2D eigenvalue weighted by atomic mass is 10.2. The average molecular weight is 464 g/mol. The van der Waals surface area contributed by atoms with E-state index < -0.39 is 11.7 Å². The third kappa shape index (κ3) is 5.64. The zero-order chi connectivity index (χ0) is 23.9. The first kappa shape index (κ1) is 23.1. The van der Waals surface area contributed by atoms with Crippen LogP contribution in [0.1, 0.15) is 23.2 Å². The molecule has 0 saturated carbocycles.